The lowest BCUT2D eigenvalue weighted by Crippen LogP contribution is -2.18. The number of allylic oxidation sites excluding steroid dienone is 9. The van der Waals surface area contributed by atoms with Crippen molar-refractivity contribution in [2.75, 3.05) is 4.90 Å². The highest BCUT2D eigenvalue weighted by molar-refractivity contribution is 6.16. The number of benzene rings is 6. The monoisotopic (exact) mass is 850 g/mol. The zero-order chi connectivity index (χ0) is 44.5. The van der Waals surface area contributed by atoms with Gasteiger partial charge in [0.1, 0.15) is 6.07 Å². The van der Waals surface area contributed by atoms with Crippen LogP contribution in [0.25, 0.3) is 78.0 Å². The number of hydrogen-bond acceptors (Lipinski definition) is 3. The smallest absolute Gasteiger partial charge is 0.101 e. The van der Waals surface area contributed by atoms with Crippen molar-refractivity contribution in [2.45, 2.75) is 46.0 Å². The molecule has 66 heavy (non-hydrogen) atoms. The zero-order valence-electron chi connectivity index (χ0n) is 37.0. The lowest BCUT2D eigenvalue weighted by atomic mass is 9.89. The SMILES string of the molecule is C/C=C\C(=C/C)n1c2c(c3ccccc31)CCc1c-2c2ccccc2n1C1=C(C#N)C=C(n2c3ccc(N(c4ccccc4)c4ccccc4)cc3c3c4c(ccc32)CCC=C4)C(C#N)C1. The minimum atomic E-state index is -0.529. The average Bonchev–Trinajstić information content (AvgIpc) is 4.01. The predicted octanol–water partition coefficient (Wildman–Crippen LogP) is 15.2. The van der Waals surface area contributed by atoms with Gasteiger partial charge in [-0.1, -0.05) is 103 Å². The maximum absolute atomic E-state index is 11.3. The summed E-state index contributed by atoms with van der Waals surface area (Å²) in [4.78, 5) is 2.30. The van der Waals surface area contributed by atoms with E-state index in [4.69, 9.17) is 0 Å². The van der Waals surface area contributed by atoms with E-state index >= 15 is 0 Å². The molecular weight excluding hydrogens is 805 g/mol. The van der Waals surface area contributed by atoms with E-state index in [2.05, 4.69) is 214 Å². The van der Waals surface area contributed by atoms with Crippen LogP contribution in [0, 0.1) is 28.6 Å². The Balaban J connectivity index is 1.10. The molecule has 0 aliphatic heterocycles. The Morgan fingerprint density at radius 2 is 1.38 bits per heavy atom. The number of aryl methyl sites for hydroxylation is 2. The second-order valence-electron chi connectivity index (χ2n) is 17.5. The summed E-state index contributed by atoms with van der Waals surface area (Å²) in [7, 11) is 0. The topological polar surface area (TPSA) is 65.6 Å². The van der Waals surface area contributed by atoms with Gasteiger partial charge in [-0.3, -0.25) is 0 Å². The van der Waals surface area contributed by atoms with E-state index in [9.17, 15) is 10.5 Å². The second-order valence-corrected chi connectivity index (χ2v) is 17.5. The Hall–Kier alpha value is -8.32. The van der Waals surface area contributed by atoms with Crippen molar-refractivity contribution in [3.8, 4) is 23.4 Å². The van der Waals surface area contributed by atoms with Gasteiger partial charge in [-0.25, -0.2) is 0 Å². The number of nitrogens with zero attached hydrogens (tertiary/aromatic N) is 6. The van der Waals surface area contributed by atoms with E-state index in [1.165, 1.54) is 49.9 Å². The Bertz CT molecular complexity index is 3680. The van der Waals surface area contributed by atoms with Gasteiger partial charge in [0.2, 0.25) is 0 Å². The van der Waals surface area contributed by atoms with E-state index in [-0.39, 0.29) is 0 Å². The van der Waals surface area contributed by atoms with Crippen molar-refractivity contribution >= 4 is 83.8 Å². The molecule has 0 bridgehead atoms. The molecule has 316 valence electrons. The molecule has 0 saturated heterocycles. The molecule has 9 aromatic rings. The van der Waals surface area contributed by atoms with Gasteiger partial charge in [0.05, 0.1) is 45.3 Å². The van der Waals surface area contributed by atoms with Gasteiger partial charge in [0.15, 0.2) is 0 Å². The van der Waals surface area contributed by atoms with E-state index in [0.717, 1.165) is 87.2 Å². The van der Waals surface area contributed by atoms with Crippen LogP contribution in [-0.2, 0) is 19.3 Å². The first-order valence-corrected chi connectivity index (χ1v) is 23.1. The van der Waals surface area contributed by atoms with E-state index in [1.54, 1.807) is 0 Å². The molecule has 6 aromatic carbocycles. The van der Waals surface area contributed by atoms with Gasteiger partial charge in [0.25, 0.3) is 0 Å². The number of hydrogen-bond donors (Lipinski definition) is 0. The summed E-state index contributed by atoms with van der Waals surface area (Å²) in [5.41, 5.74) is 18.4. The highest BCUT2D eigenvalue weighted by Gasteiger charge is 2.35. The molecule has 0 saturated carbocycles. The largest absolute Gasteiger partial charge is 0.315 e. The summed E-state index contributed by atoms with van der Waals surface area (Å²) in [6.45, 7) is 4.17. The molecule has 0 radical (unpaired) electrons. The summed E-state index contributed by atoms with van der Waals surface area (Å²) in [5, 5.41) is 27.3. The molecule has 0 amide bonds. The highest BCUT2D eigenvalue weighted by Crippen LogP contribution is 2.50. The summed E-state index contributed by atoms with van der Waals surface area (Å²) in [6.07, 6.45) is 17.1. The van der Waals surface area contributed by atoms with Crippen molar-refractivity contribution in [2.24, 2.45) is 5.92 Å². The first kappa shape index (κ1) is 39.3. The van der Waals surface area contributed by atoms with Gasteiger partial charge >= 0.3 is 0 Å². The molecular formula is C60H46N6. The number of aromatic nitrogens is 3. The minimum absolute atomic E-state index is 0.394. The fraction of sp³-hybridized carbons (Fsp3) is 0.133. The fourth-order valence-corrected chi connectivity index (χ4v) is 11.3. The normalized spacial score (nSPS) is 15.8. The zero-order valence-corrected chi connectivity index (χ0v) is 37.0. The third-order valence-electron chi connectivity index (χ3n) is 14.1. The molecule has 0 fully saturated rings. The average molecular weight is 851 g/mol. The van der Waals surface area contributed by atoms with Crippen LogP contribution in [0.4, 0.5) is 17.1 Å². The number of anilines is 3. The molecule has 6 nitrogen and oxygen atoms in total. The van der Waals surface area contributed by atoms with E-state index in [0.29, 0.717) is 12.0 Å². The molecule has 12 rings (SSSR count). The minimum Gasteiger partial charge on any atom is -0.315 e. The maximum atomic E-state index is 11.3. The van der Waals surface area contributed by atoms with Gasteiger partial charge in [-0.2, -0.15) is 10.5 Å². The van der Waals surface area contributed by atoms with Crippen molar-refractivity contribution in [3.63, 3.8) is 0 Å². The molecule has 1 unspecified atom stereocenters. The number of nitriles is 2. The fourth-order valence-electron chi connectivity index (χ4n) is 11.3. The van der Waals surface area contributed by atoms with Gasteiger partial charge in [0, 0.05) is 73.4 Å². The molecule has 3 aliphatic carbocycles. The van der Waals surface area contributed by atoms with Crippen molar-refractivity contribution in [3.05, 3.63) is 198 Å². The number of rotatable bonds is 7. The van der Waals surface area contributed by atoms with Gasteiger partial charge < -0.3 is 18.6 Å². The molecule has 3 heterocycles. The number of para-hydroxylation sites is 4. The van der Waals surface area contributed by atoms with Gasteiger partial charge in [-0.15, -0.1) is 0 Å². The summed E-state index contributed by atoms with van der Waals surface area (Å²) < 4.78 is 7.05. The van der Waals surface area contributed by atoms with Crippen LogP contribution in [0.1, 0.15) is 49.1 Å². The third-order valence-corrected chi connectivity index (χ3v) is 14.1. The second kappa shape index (κ2) is 15.7. The molecule has 0 spiro atoms. The Kier molecular flexibility index (Phi) is 9.37. The Morgan fingerprint density at radius 1 is 0.682 bits per heavy atom. The first-order valence-electron chi connectivity index (χ1n) is 23.1. The maximum Gasteiger partial charge on any atom is 0.101 e. The van der Waals surface area contributed by atoms with Crippen LogP contribution in [0.15, 0.2) is 175 Å². The lowest BCUT2D eigenvalue weighted by molar-refractivity contribution is 0.774. The van der Waals surface area contributed by atoms with Crippen molar-refractivity contribution in [1.29, 1.82) is 10.5 Å². The van der Waals surface area contributed by atoms with Crippen LogP contribution in [0.5, 0.6) is 0 Å². The van der Waals surface area contributed by atoms with Crippen LogP contribution in [-0.4, -0.2) is 13.7 Å². The lowest BCUT2D eigenvalue weighted by Gasteiger charge is -2.27. The van der Waals surface area contributed by atoms with E-state index in [1.807, 2.05) is 6.08 Å². The summed E-state index contributed by atoms with van der Waals surface area (Å²) in [6, 6.07) is 55.0. The van der Waals surface area contributed by atoms with Crippen LogP contribution < -0.4 is 4.90 Å². The molecule has 3 aliphatic rings. The Labute approximate surface area is 384 Å². The standard InChI is InChI=1S/C60H46N6/c1-3-17-42(4-2)64-51-26-15-13-24-47(51)48-30-33-55-59(60(48)64)49-25-14-16-27-52(49)65(55)56-34-41(38-62)57(35-40(56)37-61)66-53-32-29-45(63(43-19-7-5-8-20-43)44-21-9-6-10-22-44)36-50(53)58-46-23-12-11-18-39(46)28-31-54(58)66/h3-10,12-17,19-29,31-32,35-36,41H,11,18,30,33-34H2,1-2H3/b17-3-,42-4+. The highest BCUT2D eigenvalue weighted by atomic mass is 15.1. The van der Waals surface area contributed by atoms with Gasteiger partial charge in [-0.05, 0) is 129 Å². The predicted molar refractivity (Wildman–Crippen MR) is 273 cm³/mol. The van der Waals surface area contributed by atoms with E-state index < -0.39 is 5.92 Å². The molecule has 6 heteroatoms. The molecule has 1 atom stereocenters. The summed E-state index contributed by atoms with van der Waals surface area (Å²) in [5.74, 6) is -0.529. The van der Waals surface area contributed by atoms with Crippen LogP contribution in [0.3, 0.4) is 0 Å². The van der Waals surface area contributed by atoms with Crippen LogP contribution >= 0.6 is 0 Å². The molecule has 0 N–H and O–H groups in total. The van der Waals surface area contributed by atoms with Crippen molar-refractivity contribution < 1.29 is 0 Å². The first-order chi connectivity index (χ1) is 32.6. The summed E-state index contributed by atoms with van der Waals surface area (Å²) >= 11 is 0. The third kappa shape index (κ3) is 5.85. The van der Waals surface area contributed by atoms with Crippen LogP contribution in [0.2, 0.25) is 0 Å². The van der Waals surface area contributed by atoms with Crippen molar-refractivity contribution in [1.82, 2.24) is 13.7 Å². The quantitative estimate of drug-likeness (QED) is 0.150. The Morgan fingerprint density at radius 3 is 2.11 bits per heavy atom. The molecule has 3 aromatic heterocycles. The number of fused-ring (bicyclic) bond motifs is 12.